The highest BCUT2D eigenvalue weighted by Gasteiger charge is 2.30. The lowest BCUT2D eigenvalue weighted by Crippen LogP contribution is -2.46. The largest absolute Gasteiger partial charge is 0.469 e. The Labute approximate surface area is 172 Å². The van der Waals surface area contributed by atoms with Crippen molar-refractivity contribution in [2.75, 3.05) is 26.3 Å². The second kappa shape index (κ2) is 9.46. The number of nitrogens with zero attached hydrogens (tertiary/aromatic N) is 1. The van der Waals surface area contributed by atoms with Crippen LogP contribution in [0.3, 0.4) is 0 Å². The van der Waals surface area contributed by atoms with Crippen LogP contribution in [0.15, 0.2) is 52.1 Å². The molecule has 0 bridgehead atoms. The maximum atomic E-state index is 5.70. The molecular weight excluding hydrogens is 366 g/mol. The summed E-state index contributed by atoms with van der Waals surface area (Å²) in [5.41, 5.74) is 2.91. The minimum absolute atomic E-state index is 0.384. The van der Waals surface area contributed by atoms with Crippen LogP contribution in [-0.2, 0) is 28.7 Å². The number of benzene rings is 1. The maximum absolute atomic E-state index is 5.70. The van der Waals surface area contributed by atoms with Crippen molar-refractivity contribution in [2.24, 2.45) is 4.99 Å². The van der Waals surface area contributed by atoms with Crippen molar-refractivity contribution in [1.29, 1.82) is 0 Å². The van der Waals surface area contributed by atoms with Gasteiger partial charge in [-0.25, -0.2) is 0 Å². The molecular formula is C23H31N3O3. The van der Waals surface area contributed by atoms with Crippen molar-refractivity contribution in [1.82, 2.24) is 10.6 Å². The fourth-order valence-electron chi connectivity index (χ4n) is 4.00. The molecule has 1 aliphatic carbocycles. The number of rotatable bonds is 7. The summed E-state index contributed by atoms with van der Waals surface area (Å²) in [6.45, 7) is 4.73. The average Bonchev–Trinajstić information content (AvgIpc) is 3.40. The topological polar surface area (TPSA) is 68.0 Å². The number of hydrogen-bond acceptors (Lipinski definition) is 4. The number of aliphatic imine (C=N–C) groups is 1. The maximum Gasteiger partial charge on any atom is 0.191 e. The van der Waals surface area contributed by atoms with Crippen LogP contribution in [0.2, 0.25) is 0 Å². The Balaban J connectivity index is 1.35. The van der Waals surface area contributed by atoms with Gasteiger partial charge in [0.15, 0.2) is 11.7 Å². The van der Waals surface area contributed by atoms with Crippen LogP contribution in [0, 0.1) is 0 Å². The molecule has 1 unspecified atom stereocenters. The first kappa shape index (κ1) is 20.0. The molecule has 0 radical (unpaired) electrons. The van der Waals surface area contributed by atoms with E-state index in [1.807, 2.05) is 19.1 Å². The predicted octanol–water partition coefficient (Wildman–Crippen LogP) is 3.07. The first-order valence-corrected chi connectivity index (χ1v) is 10.6. The number of guanidine groups is 1. The van der Waals surface area contributed by atoms with Crippen molar-refractivity contribution < 1.29 is 13.9 Å². The highest BCUT2D eigenvalue weighted by atomic mass is 16.7. The summed E-state index contributed by atoms with van der Waals surface area (Å²) in [5, 5.41) is 7.11. The molecule has 1 aromatic carbocycles. The standard InChI is InChI=1S/C23H31N3O3/c1-23(28-15-16-29-23)11-13-25-22(24-12-10-21-7-4-14-27-21)26-20-9-8-18-5-2-3-6-19(18)17-20/h2-7,14,20H,8-13,15-17H2,1H3,(H2,24,25,26). The molecule has 2 heterocycles. The molecule has 1 aromatic heterocycles. The van der Waals surface area contributed by atoms with Gasteiger partial charge in [-0.2, -0.15) is 0 Å². The van der Waals surface area contributed by atoms with Crippen LogP contribution in [-0.4, -0.2) is 44.1 Å². The smallest absolute Gasteiger partial charge is 0.191 e. The van der Waals surface area contributed by atoms with E-state index in [0.717, 1.165) is 50.4 Å². The van der Waals surface area contributed by atoms with Gasteiger partial charge in [-0.05, 0) is 49.4 Å². The molecule has 4 rings (SSSR count). The van der Waals surface area contributed by atoms with Gasteiger partial charge in [0.25, 0.3) is 0 Å². The number of furan rings is 1. The van der Waals surface area contributed by atoms with Gasteiger partial charge in [0.05, 0.1) is 19.5 Å². The second-order valence-electron chi connectivity index (χ2n) is 7.92. The van der Waals surface area contributed by atoms with E-state index in [2.05, 4.69) is 34.9 Å². The van der Waals surface area contributed by atoms with Crippen molar-refractivity contribution >= 4 is 5.96 Å². The van der Waals surface area contributed by atoms with Gasteiger partial charge in [0.1, 0.15) is 5.76 Å². The highest BCUT2D eigenvalue weighted by molar-refractivity contribution is 5.80. The third-order valence-corrected chi connectivity index (χ3v) is 5.67. The van der Waals surface area contributed by atoms with Crippen LogP contribution in [0.4, 0.5) is 0 Å². The minimum atomic E-state index is -0.507. The number of fused-ring (bicyclic) bond motifs is 1. The number of aryl methyl sites for hydroxylation is 1. The summed E-state index contributed by atoms with van der Waals surface area (Å²) in [6.07, 6.45) is 6.52. The Morgan fingerprint density at radius 1 is 1.14 bits per heavy atom. The Hall–Kier alpha value is -2.31. The fraction of sp³-hybridized carbons (Fsp3) is 0.522. The molecule has 0 saturated carbocycles. The Morgan fingerprint density at radius 2 is 1.97 bits per heavy atom. The lowest BCUT2D eigenvalue weighted by atomic mass is 9.88. The third-order valence-electron chi connectivity index (χ3n) is 5.67. The molecule has 1 atom stereocenters. The normalized spacial score (nSPS) is 21.0. The molecule has 1 fully saturated rings. The zero-order chi connectivity index (χ0) is 19.9. The summed E-state index contributed by atoms with van der Waals surface area (Å²) in [5.74, 6) is 1.32. The SMILES string of the molecule is CC1(CCN=C(NCCc2ccco2)NC2CCc3ccccc3C2)OCCO1. The summed E-state index contributed by atoms with van der Waals surface area (Å²) in [7, 11) is 0. The van der Waals surface area contributed by atoms with Crippen molar-refractivity contribution in [3.8, 4) is 0 Å². The zero-order valence-corrected chi connectivity index (χ0v) is 17.2. The Bertz CT molecular complexity index is 797. The molecule has 1 aliphatic heterocycles. The van der Waals surface area contributed by atoms with Crippen LogP contribution in [0.1, 0.15) is 36.7 Å². The van der Waals surface area contributed by atoms with E-state index in [9.17, 15) is 0 Å². The summed E-state index contributed by atoms with van der Waals surface area (Å²) in [6, 6.07) is 13.0. The van der Waals surface area contributed by atoms with E-state index in [-0.39, 0.29) is 0 Å². The van der Waals surface area contributed by atoms with E-state index in [1.54, 1.807) is 6.26 Å². The van der Waals surface area contributed by atoms with Gasteiger partial charge in [0.2, 0.25) is 0 Å². The first-order chi connectivity index (χ1) is 14.2. The van der Waals surface area contributed by atoms with Crippen LogP contribution in [0.25, 0.3) is 0 Å². The van der Waals surface area contributed by atoms with E-state index in [4.69, 9.17) is 18.9 Å². The van der Waals surface area contributed by atoms with Gasteiger partial charge >= 0.3 is 0 Å². The number of ether oxygens (including phenoxy) is 2. The van der Waals surface area contributed by atoms with E-state index in [0.29, 0.717) is 25.8 Å². The monoisotopic (exact) mass is 397 g/mol. The molecule has 0 amide bonds. The van der Waals surface area contributed by atoms with Crippen molar-refractivity contribution in [3.63, 3.8) is 0 Å². The van der Waals surface area contributed by atoms with Crippen molar-refractivity contribution in [3.05, 3.63) is 59.5 Å². The van der Waals surface area contributed by atoms with E-state index in [1.165, 1.54) is 11.1 Å². The van der Waals surface area contributed by atoms with Crippen LogP contribution < -0.4 is 10.6 Å². The van der Waals surface area contributed by atoms with Gasteiger partial charge in [-0.1, -0.05) is 24.3 Å². The first-order valence-electron chi connectivity index (χ1n) is 10.6. The molecule has 6 heteroatoms. The lowest BCUT2D eigenvalue weighted by molar-refractivity contribution is -0.144. The minimum Gasteiger partial charge on any atom is -0.469 e. The Kier molecular flexibility index (Phi) is 6.52. The van der Waals surface area contributed by atoms with Gasteiger partial charge < -0.3 is 24.5 Å². The second-order valence-corrected chi connectivity index (χ2v) is 7.92. The van der Waals surface area contributed by atoms with E-state index >= 15 is 0 Å². The van der Waals surface area contributed by atoms with Crippen molar-refractivity contribution in [2.45, 2.75) is 50.9 Å². The van der Waals surface area contributed by atoms with Gasteiger partial charge in [-0.15, -0.1) is 0 Å². The van der Waals surface area contributed by atoms with Gasteiger partial charge in [-0.3, -0.25) is 4.99 Å². The average molecular weight is 398 g/mol. The molecule has 6 nitrogen and oxygen atoms in total. The van der Waals surface area contributed by atoms with E-state index < -0.39 is 5.79 Å². The number of hydrogen-bond donors (Lipinski definition) is 2. The molecule has 0 spiro atoms. The molecule has 1 saturated heterocycles. The predicted molar refractivity (Wildman–Crippen MR) is 113 cm³/mol. The summed E-state index contributed by atoms with van der Waals surface area (Å²) >= 11 is 0. The molecule has 156 valence electrons. The summed E-state index contributed by atoms with van der Waals surface area (Å²) in [4.78, 5) is 4.81. The summed E-state index contributed by atoms with van der Waals surface area (Å²) < 4.78 is 16.8. The molecule has 29 heavy (non-hydrogen) atoms. The zero-order valence-electron chi connectivity index (χ0n) is 17.2. The fourth-order valence-corrected chi connectivity index (χ4v) is 4.00. The van der Waals surface area contributed by atoms with Crippen LogP contribution >= 0.6 is 0 Å². The molecule has 2 aliphatic rings. The molecule has 2 aromatic rings. The lowest BCUT2D eigenvalue weighted by Gasteiger charge is -2.27. The number of nitrogens with one attached hydrogen (secondary N) is 2. The third kappa shape index (κ3) is 5.61. The van der Waals surface area contributed by atoms with Gasteiger partial charge in [0, 0.05) is 32.0 Å². The van der Waals surface area contributed by atoms with Crippen LogP contribution in [0.5, 0.6) is 0 Å². The quantitative estimate of drug-likeness (QED) is 0.555. The highest BCUT2D eigenvalue weighted by Crippen LogP contribution is 2.23. The Morgan fingerprint density at radius 3 is 2.76 bits per heavy atom. The molecule has 2 N–H and O–H groups in total.